The van der Waals surface area contributed by atoms with E-state index in [2.05, 4.69) is 15.3 Å². The van der Waals surface area contributed by atoms with Crippen molar-refractivity contribution in [1.29, 1.82) is 0 Å². The fourth-order valence-corrected chi connectivity index (χ4v) is 1.96. The molecule has 0 aliphatic heterocycles. The number of H-pyrrole nitrogens is 1. The molecular weight excluding hydrogens is 194 g/mol. The lowest BCUT2D eigenvalue weighted by Gasteiger charge is -2.14. The van der Waals surface area contributed by atoms with Gasteiger partial charge in [0.25, 0.3) is 5.56 Å². The Kier molecular flexibility index (Phi) is 3.01. The summed E-state index contributed by atoms with van der Waals surface area (Å²) >= 11 is 0. The monoisotopic (exact) mass is 209 g/mol. The first kappa shape index (κ1) is 10.2. The molecule has 0 spiro atoms. The lowest BCUT2D eigenvalue weighted by molar-refractivity contribution is 0.138. The summed E-state index contributed by atoms with van der Waals surface area (Å²) < 4.78 is 0. The number of aliphatic hydroxyl groups excluding tert-OH is 1. The molecule has 1 aliphatic rings. The van der Waals surface area contributed by atoms with E-state index in [1.807, 2.05) is 0 Å². The third kappa shape index (κ3) is 2.36. The second kappa shape index (κ2) is 4.44. The van der Waals surface area contributed by atoms with Crippen molar-refractivity contribution in [3.05, 3.63) is 22.7 Å². The SMILES string of the molecule is O=c1[nH]ccnc1NCC1CCCC1O. The summed E-state index contributed by atoms with van der Waals surface area (Å²) in [4.78, 5) is 17.7. The molecule has 0 saturated heterocycles. The molecule has 5 nitrogen and oxygen atoms in total. The van der Waals surface area contributed by atoms with Gasteiger partial charge in [-0.15, -0.1) is 0 Å². The maximum Gasteiger partial charge on any atom is 0.290 e. The van der Waals surface area contributed by atoms with E-state index in [1.54, 1.807) is 0 Å². The van der Waals surface area contributed by atoms with Crippen molar-refractivity contribution in [2.75, 3.05) is 11.9 Å². The molecule has 3 N–H and O–H groups in total. The zero-order chi connectivity index (χ0) is 10.7. The predicted octanol–water partition coefficient (Wildman–Crippen LogP) is 0.343. The molecule has 1 aromatic heterocycles. The standard InChI is InChI=1S/C10H15N3O2/c14-8-3-1-2-7(8)6-13-9-10(15)12-5-4-11-9/h4-5,7-8,14H,1-3,6H2,(H,11,13)(H,12,15). The molecular formula is C10H15N3O2. The second-order valence-electron chi connectivity index (χ2n) is 3.91. The fourth-order valence-electron chi connectivity index (χ4n) is 1.96. The molecule has 2 rings (SSSR count). The summed E-state index contributed by atoms with van der Waals surface area (Å²) in [6.45, 7) is 0.612. The van der Waals surface area contributed by atoms with Gasteiger partial charge in [-0.25, -0.2) is 4.98 Å². The smallest absolute Gasteiger partial charge is 0.290 e. The summed E-state index contributed by atoms with van der Waals surface area (Å²) in [7, 11) is 0. The zero-order valence-corrected chi connectivity index (χ0v) is 8.44. The number of hydrogen-bond acceptors (Lipinski definition) is 4. The van der Waals surface area contributed by atoms with Crippen LogP contribution < -0.4 is 10.9 Å². The number of hydrogen-bond donors (Lipinski definition) is 3. The summed E-state index contributed by atoms with van der Waals surface area (Å²) in [6, 6.07) is 0. The molecule has 82 valence electrons. The van der Waals surface area contributed by atoms with E-state index in [1.165, 1.54) is 12.4 Å². The Hall–Kier alpha value is -1.36. The normalized spacial score (nSPS) is 25.4. The van der Waals surface area contributed by atoms with E-state index in [0.29, 0.717) is 12.4 Å². The Balaban J connectivity index is 1.93. The summed E-state index contributed by atoms with van der Waals surface area (Å²) in [5, 5.41) is 12.6. The van der Waals surface area contributed by atoms with Crippen molar-refractivity contribution in [1.82, 2.24) is 9.97 Å². The molecule has 15 heavy (non-hydrogen) atoms. The molecule has 2 unspecified atom stereocenters. The summed E-state index contributed by atoms with van der Waals surface area (Å²) in [5.41, 5.74) is -0.218. The first-order chi connectivity index (χ1) is 7.27. The maximum atomic E-state index is 11.3. The average molecular weight is 209 g/mol. The van der Waals surface area contributed by atoms with E-state index in [9.17, 15) is 9.90 Å². The highest BCUT2D eigenvalue weighted by Crippen LogP contribution is 2.25. The van der Waals surface area contributed by atoms with Crippen molar-refractivity contribution in [2.24, 2.45) is 5.92 Å². The lowest BCUT2D eigenvalue weighted by Crippen LogP contribution is -2.25. The lowest BCUT2D eigenvalue weighted by atomic mass is 10.1. The Morgan fingerprint density at radius 3 is 3.13 bits per heavy atom. The van der Waals surface area contributed by atoms with Crippen LogP contribution in [0.25, 0.3) is 0 Å². The van der Waals surface area contributed by atoms with Gasteiger partial charge in [-0.3, -0.25) is 4.79 Å². The van der Waals surface area contributed by atoms with Crippen LogP contribution in [-0.2, 0) is 0 Å². The number of rotatable bonds is 3. The van der Waals surface area contributed by atoms with Gasteiger partial charge in [0.05, 0.1) is 6.10 Å². The second-order valence-corrected chi connectivity index (χ2v) is 3.91. The van der Waals surface area contributed by atoms with Crippen molar-refractivity contribution in [3.8, 4) is 0 Å². The minimum Gasteiger partial charge on any atom is -0.393 e. The number of aliphatic hydroxyl groups is 1. The Morgan fingerprint density at radius 2 is 2.47 bits per heavy atom. The first-order valence-electron chi connectivity index (χ1n) is 5.23. The molecule has 1 saturated carbocycles. The molecule has 0 amide bonds. The van der Waals surface area contributed by atoms with Crippen LogP contribution in [0.5, 0.6) is 0 Å². The molecule has 5 heteroatoms. The van der Waals surface area contributed by atoms with Gasteiger partial charge in [0, 0.05) is 24.9 Å². The number of aromatic nitrogens is 2. The quantitative estimate of drug-likeness (QED) is 0.671. The van der Waals surface area contributed by atoms with Crippen molar-refractivity contribution in [3.63, 3.8) is 0 Å². The molecule has 0 bridgehead atoms. The third-order valence-corrected chi connectivity index (χ3v) is 2.86. The van der Waals surface area contributed by atoms with Gasteiger partial charge in [-0.2, -0.15) is 0 Å². The number of nitrogens with one attached hydrogen (secondary N) is 2. The molecule has 1 aliphatic carbocycles. The summed E-state index contributed by atoms with van der Waals surface area (Å²) in [6.07, 6.45) is 5.74. The van der Waals surface area contributed by atoms with Crippen LogP contribution in [0, 0.1) is 5.92 Å². The minimum absolute atomic E-state index is 0.218. The topological polar surface area (TPSA) is 78.0 Å². The molecule has 1 fully saturated rings. The van der Waals surface area contributed by atoms with Gasteiger partial charge >= 0.3 is 0 Å². The van der Waals surface area contributed by atoms with Crippen molar-refractivity contribution in [2.45, 2.75) is 25.4 Å². The predicted molar refractivity (Wildman–Crippen MR) is 56.7 cm³/mol. The number of aromatic amines is 1. The Morgan fingerprint density at radius 1 is 1.60 bits per heavy atom. The van der Waals surface area contributed by atoms with Gasteiger partial charge in [0.2, 0.25) is 0 Å². The van der Waals surface area contributed by atoms with Crippen LogP contribution in [0.15, 0.2) is 17.2 Å². The van der Waals surface area contributed by atoms with Crippen LogP contribution in [-0.4, -0.2) is 27.7 Å². The molecule has 0 radical (unpaired) electrons. The fraction of sp³-hybridized carbons (Fsp3) is 0.600. The Bertz CT molecular complexity index is 377. The largest absolute Gasteiger partial charge is 0.393 e. The van der Waals surface area contributed by atoms with Crippen molar-refractivity contribution < 1.29 is 5.11 Å². The zero-order valence-electron chi connectivity index (χ0n) is 8.44. The average Bonchev–Trinajstić information content (AvgIpc) is 2.63. The van der Waals surface area contributed by atoms with Gasteiger partial charge in [-0.05, 0) is 12.8 Å². The highest BCUT2D eigenvalue weighted by molar-refractivity contribution is 5.30. The van der Waals surface area contributed by atoms with Gasteiger partial charge < -0.3 is 15.4 Å². The van der Waals surface area contributed by atoms with Gasteiger partial charge in [0.1, 0.15) is 0 Å². The number of anilines is 1. The van der Waals surface area contributed by atoms with Crippen LogP contribution in [0.2, 0.25) is 0 Å². The van der Waals surface area contributed by atoms with E-state index >= 15 is 0 Å². The van der Waals surface area contributed by atoms with Gasteiger partial charge in [0.15, 0.2) is 5.82 Å². The third-order valence-electron chi connectivity index (χ3n) is 2.86. The Labute approximate surface area is 87.6 Å². The van der Waals surface area contributed by atoms with E-state index < -0.39 is 0 Å². The molecule has 0 aromatic carbocycles. The van der Waals surface area contributed by atoms with Crippen LogP contribution >= 0.6 is 0 Å². The maximum absolute atomic E-state index is 11.3. The van der Waals surface area contributed by atoms with Crippen molar-refractivity contribution >= 4 is 5.82 Å². The van der Waals surface area contributed by atoms with Crippen LogP contribution in [0.1, 0.15) is 19.3 Å². The molecule has 2 atom stereocenters. The van der Waals surface area contributed by atoms with E-state index in [0.717, 1.165) is 19.3 Å². The van der Waals surface area contributed by atoms with Crippen LogP contribution in [0.3, 0.4) is 0 Å². The minimum atomic E-state index is -0.236. The molecule has 1 heterocycles. The highest BCUT2D eigenvalue weighted by atomic mass is 16.3. The number of nitrogens with zero attached hydrogens (tertiary/aromatic N) is 1. The van der Waals surface area contributed by atoms with E-state index in [-0.39, 0.29) is 17.6 Å². The molecule has 1 aromatic rings. The highest BCUT2D eigenvalue weighted by Gasteiger charge is 2.24. The summed E-state index contributed by atoms with van der Waals surface area (Å²) in [5.74, 6) is 0.572. The van der Waals surface area contributed by atoms with Gasteiger partial charge in [-0.1, -0.05) is 6.42 Å². The van der Waals surface area contributed by atoms with Crippen LogP contribution in [0.4, 0.5) is 5.82 Å². The van der Waals surface area contributed by atoms with E-state index in [4.69, 9.17) is 0 Å². The first-order valence-corrected chi connectivity index (χ1v) is 5.23.